The van der Waals surface area contributed by atoms with E-state index in [-0.39, 0.29) is 11.6 Å². The van der Waals surface area contributed by atoms with E-state index in [2.05, 4.69) is 9.88 Å². The quantitative estimate of drug-likeness (QED) is 0.306. The molecule has 5 rings (SSSR count). The third-order valence-electron chi connectivity index (χ3n) is 5.86. The number of carbonyl (C=O) groups is 1. The third-order valence-corrected chi connectivity index (χ3v) is 7.33. The van der Waals surface area contributed by atoms with Crippen molar-refractivity contribution >= 4 is 45.2 Å². The number of piperazine rings is 1. The normalized spacial score (nSPS) is 14.1. The van der Waals surface area contributed by atoms with E-state index in [1.807, 2.05) is 46.7 Å². The molecule has 0 bridgehead atoms. The predicted molar refractivity (Wildman–Crippen MR) is 129 cm³/mol. The lowest BCUT2D eigenvalue weighted by atomic mass is 10.1. The van der Waals surface area contributed by atoms with Crippen molar-refractivity contribution in [2.45, 2.75) is 6.92 Å². The Labute approximate surface area is 198 Å². The Balaban J connectivity index is 1.34. The van der Waals surface area contributed by atoms with E-state index < -0.39 is 4.92 Å². The first-order valence-corrected chi connectivity index (χ1v) is 11.6. The van der Waals surface area contributed by atoms with Gasteiger partial charge in [0, 0.05) is 55.8 Å². The van der Waals surface area contributed by atoms with Crippen molar-refractivity contribution in [2.24, 2.45) is 0 Å². The number of carbonyl (C=O) groups excluding carboxylic acids is 1. The number of hydrogen-bond donors (Lipinski definition) is 0. The fourth-order valence-corrected chi connectivity index (χ4v) is 5.40. The van der Waals surface area contributed by atoms with Gasteiger partial charge in [0.05, 0.1) is 21.3 Å². The van der Waals surface area contributed by atoms with Crippen molar-refractivity contribution in [3.8, 4) is 11.3 Å². The largest absolute Gasteiger partial charge is 0.367 e. The van der Waals surface area contributed by atoms with Crippen LogP contribution in [0.2, 0.25) is 5.02 Å². The highest BCUT2D eigenvalue weighted by molar-refractivity contribution is 7.19. The molecule has 0 unspecified atom stereocenters. The molecule has 1 amide bonds. The number of benzene rings is 2. The molecule has 168 valence electrons. The van der Waals surface area contributed by atoms with E-state index in [0.717, 1.165) is 11.4 Å². The van der Waals surface area contributed by atoms with Gasteiger partial charge < -0.3 is 9.80 Å². The Kier molecular flexibility index (Phi) is 5.51. The molecule has 0 atom stereocenters. The minimum Gasteiger partial charge on any atom is -0.367 e. The number of rotatable bonds is 4. The van der Waals surface area contributed by atoms with Crippen LogP contribution in [0.4, 0.5) is 11.4 Å². The summed E-state index contributed by atoms with van der Waals surface area (Å²) >= 11 is 7.67. The zero-order valence-electron chi connectivity index (χ0n) is 17.8. The van der Waals surface area contributed by atoms with Crippen molar-refractivity contribution in [3.63, 3.8) is 0 Å². The molecule has 0 spiro atoms. The van der Waals surface area contributed by atoms with Crippen molar-refractivity contribution in [2.75, 3.05) is 31.1 Å². The van der Waals surface area contributed by atoms with Gasteiger partial charge in [-0.3, -0.25) is 19.3 Å². The number of hydrogen-bond acceptors (Lipinski definition) is 6. The van der Waals surface area contributed by atoms with Crippen LogP contribution in [-0.4, -0.2) is 51.3 Å². The van der Waals surface area contributed by atoms with E-state index in [1.165, 1.54) is 23.5 Å². The molecule has 1 aliphatic heterocycles. The van der Waals surface area contributed by atoms with Crippen LogP contribution in [0.5, 0.6) is 0 Å². The molecule has 0 N–H and O–H groups in total. The number of halogens is 1. The average molecular weight is 482 g/mol. The van der Waals surface area contributed by atoms with Crippen LogP contribution in [0.15, 0.2) is 54.7 Å². The van der Waals surface area contributed by atoms with Gasteiger partial charge in [-0.15, -0.1) is 0 Å². The number of nitro benzene ring substituents is 1. The van der Waals surface area contributed by atoms with Gasteiger partial charge in [0.2, 0.25) is 0 Å². The molecule has 0 radical (unpaired) electrons. The molecule has 2 aromatic carbocycles. The number of non-ortho nitro benzene ring substituents is 1. The van der Waals surface area contributed by atoms with Crippen LogP contribution < -0.4 is 4.90 Å². The molecule has 4 aromatic rings. The Morgan fingerprint density at radius 3 is 2.58 bits per heavy atom. The first-order valence-electron chi connectivity index (χ1n) is 10.4. The van der Waals surface area contributed by atoms with Crippen LogP contribution in [-0.2, 0) is 0 Å². The van der Waals surface area contributed by atoms with Crippen LogP contribution in [0.3, 0.4) is 0 Å². The number of aromatic nitrogens is 2. The lowest BCUT2D eigenvalue weighted by Crippen LogP contribution is -2.48. The minimum absolute atomic E-state index is 0.00120. The smallest absolute Gasteiger partial charge is 0.270 e. The minimum atomic E-state index is -0.421. The van der Waals surface area contributed by atoms with E-state index in [9.17, 15) is 14.9 Å². The maximum Gasteiger partial charge on any atom is 0.270 e. The summed E-state index contributed by atoms with van der Waals surface area (Å²) in [6, 6.07) is 14.1. The van der Waals surface area contributed by atoms with Crippen molar-refractivity contribution < 1.29 is 9.72 Å². The predicted octanol–water partition coefficient (Wildman–Crippen LogP) is 4.90. The number of imidazole rings is 1. The highest BCUT2D eigenvalue weighted by Crippen LogP contribution is 2.30. The first kappa shape index (κ1) is 21.4. The number of thiazole rings is 1. The van der Waals surface area contributed by atoms with E-state index in [4.69, 9.17) is 11.6 Å². The van der Waals surface area contributed by atoms with Crippen molar-refractivity contribution in [1.82, 2.24) is 14.3 Å². The van der Waals surface area contributed by atoms with Gasteiger partial charge in [-0.05, 0) is 19.1 Å². The van der Waals surface area contributed by atoms with Gasteiger partial charge in [-0.2, -0.15) is 0 Å². The number of aryl methyl sites for hydroxylation is 1. The number of fused-ring (bicyclic) bond motifs is 1. The molecule has 3 heterocycles. The second-order valence-electron chi connectivity index (χ2n) is 7.83. The maximum absolute atomic E-state index is 13.2. The standard InChI is InChI=1S/C23H20ClN5O3S/c1-15-21(22(30)27-11-9-26(10-12-27)20-8-3-2-7-18(20)24)33-23-25-19(14-28(15)23)16-5-4-6-17(13-16)29(31)32/h2-8,13-14H,9-12H2,1H3. The summed E-state index contributed by atoms with van der Waals surface area (Å²) in [6.07, 6.45) is 1.83. The van der Waals surface area contributed by atoms with Crippen LogP contribution in [0.25, 0.3) is 16.2 Å². The molecule has 33 heavy (non-hydrogen) atoms. The third kappa shape index (κ3) is 3.94. The molecule has 8 nitrogen and oxygen atoms in total. The summed E-state index contributed by atoms with van der Waals surface area (Å²) in [5.41, 5.74) is 3.14. The Bertz CT molecular complexity index is 1370. The summed E-state index contributed by atoms with van der Waals surface area (Å²) < 4.78 is 1.88. The van der Waals surface area contributed by atoms with Crippen LogP contribution >= 0.6 is 22.9 Å². The zero-order valence-corrected chi connectivity index (χ0v) is 19.3. The summed E-state index contributed by atoms with van der Waals surface area (Å²) in [7, 11) is 0. The summed E-state index contributed by atoms with van der Waals surface area (Å²) in [5.74, 6) is -0.00120. The van der Waals surface area contributed by atoms with Gasteiger partial charge in [0.15, 0.2) is 4.96 Å². The van der Waals surface area contributed by atoms with E-state index >= 15 is 0 Å². The molecular formula is C23H20ClN5O3S. The molecule has 1 saturated heterocycles. The number of para-hydroxylation sites is 1. The second kappa shape index (κ2) is 8.49. The molecule has 0 aliphatic carbocycles. The number of amides is 1. The summed E-state index contributed by atoms with van der Waals surface area (Å²) in [5, 5.41) is 11.8. The fraction of sp³-hybridized carbons (Fsp3) is 0.217. The molecule has 0 saturated carbocycles. The molecule has 2 aromatic heterocycles. The molecule has 1 aliphatic rings. The lowest BCUT2D eigenvalue weighted by molar-refractivity contribution is -0.384. The van der Waals surface area contributed by atoms with Gasteiger partial charge in [0.1, 0.15) is 4.88 Å². The fourth-order valence-electron chi connectivity index (χ4n) is 4.07. The topological polar surface area (TPSA) is 84.0 Å². The van der Waals surface area contributed by atoms with Gasteiger partial charge >= 0.3 is 0 Å². The van der Waals surface area contributed by atoms with Gasteiger partial charge in [0.25, 0.3) is 11.6 Å². The highest BCUT2D eigenvalue weighted by atomic mass is 35.5. The monoisotopic (exact) mass is 481 g/mol. The number of nitrogens with zero attached hydrogens (tertiary/aromatic N) is 5. The molecule has 10 heteroatoms. The number of anilines is 1. The SMILES string of the molecule is Cc1c(C(=O)N2CCN(c3ccccc3Cl)CC2)sc2nc(-c3cccc([N+](=O)[O-])c3)cn12. The molecule has 1 fully saturated rings. The summed E-state index contributed by atoms with van der Waals surface area (Å²) in [4.78, 5) is 33.9. The Morgan fingerprint density at radius 2 is 1.88 bits per heavy atom. The van der Waals surface area contributed by atoms with Crippen molar-refractivity contribution in [1.29, 1.82) is 0 Å². The maximum atomic E-state index is 13.2. The highest BCUT2D eigenvalue weighted by Gasteiger charge is 2.27. The van der Waals surface area contributed by atoms with Gasteiger partial charge in [-0.1, -0.05) is 47.2 Å². The van der Waals surface area contributed by atoms with Crippen LogP contribution in [0.1, 0.15) is 15.4 Å². The van der Waals surface area contributed by atoms with Crippen LogP contribution in [0, 0.1) is 17.0 Å². The zero-order chi connectivity index (χ0) is 23.1. The van der Waals surface area contributed by atoms with Crippen molar-refractivity contribution in [3.05, 3.63) is 80.4 Å². The summed E-state index contributed by atoms with van der Waals surface area (Å²) in [6.45, 7) is 4.56. The van der Waals surface area contributed by atoms with E-state index in [1.54, 1.807) is 12.1 Å². The molecular weight excluding hydrogens is 462 g/mol. The average Bonchev–Trinajstić information content (AvgIpc) is 3.38. The first-order chi connectivity index (χ1) is 15.9. The lowest BCUT2D eigenvalue weighted by Gasteiger charge is -2.36. The second-order valence-corrected chi connectivity index (χ2v) is 9.22. The number of nitro groups is 1. The van der Waals surface area contributed by atoms with Gasteiger partial charge in [-0.25, -0.2) is 4.98 Å². The Morgan fingerprint density at radius 1 is 1.12 bits per heavy atom. The Hall–Kier alpha value is -3.43. The van der Waals surface area contributed by atoms with E-state index in [0.29, 0.717) is 52.3 Å².